The zero-order chi connectivity index (χ0) is 20.1. The lowest BCUT2D eigenvalue weighted by Gasteiger charge is -2.21. The van der Waals surface area contributed by atoms with Crippen LogP contribution >= 0.6 is 7.37 Å². The third kappa shape index (κ3) is 5.20. The molecule has 3 N–H and O–H groups in total. The van der Waals surface area contributed by atoms with E-state index in [0.29, 0.717) is 31.3 Å². The van der Waals surface area contributed by atoms with Crippen molar-refractivity contribution >= 4 is 19.1 Å². The largest absolute Gasteiger partial charge is 0.370 e. The molecule has 0 radical (unpaired) electrons. The molecule has 28 heavy (non-hydrogen) atoms. The molecule has 152 valence electrons. The lowest BCUT2D eigenvalue weighted by atomic mass is 10.2. The van der Waals surface area contributed by atoms with Gasteiger partial charge in [-0.1, -0.05) is 29.8 Å². The maximum Gasteiger partial charge on any atom is 0.225 e. The second kappa shape index (κ2) is 8.87. The van der Waals surface area contributed by atoms with Gasteiger partial charge < -0.3 is 29.6 Å². The molecule has 0 saturated heterocycles. The van der Waals surface area contributed by atoms with E-state index in [0.717, 1.165) is 5.56 Å². The molecule has 1 aromatic heterocycles. The fourth-order valence-electron chi connectivity index (χ4n) is 2.71. The number of guanidine groups is 1. The van der Waals surface area contributed by atoms with Gasteiger partial charge >= 0.3 is 0 Å². The summed E-state index contributed by atoms with van der Waals surface area (Å²) in [5.41, 5.74) is 8.60. The molecule has 2 unspecified atom stereocenters. The van der Waals surface area contributed by atoms with Gasteiger partial charge in [-0.05, 0) is 12.5 Å². The van der Waals surface area contributed by atoms with E-state index >= 15 is 0 Å². The maximum absolute atomic E-state index is 12.5. The van der Waals surface area contributed by atoms with Crippen molar-refractivity contribution in [2.24, 2.45) is 10.7 Å². The SMILES string of the molecule is COC1NC(N)=Nc2c1ncn2CCOCP(C)(=O)OCc1ccc(C)cc1. The summed E-state index contributed by atoms with van der Waals surface area (Å²) in [5, 5.41) is 2.90. The summed E-state index contributed by atoms with van der Waals surface area (Å²) in [4.78, 5) is 8.59. The Balaban J connectivity index is 1.47. The molecule has 1 aromatic carbocycles. The van der Waals surface area contributed by atoms with Gasteiger partial charge in [0.1, 0.15) is 12.0 Å². The zero-order valence-electron chi connectivity index (χ0n) is 16.3. The van der Waals surface area contributed by atoms with Crippen molar-refractivity contribution in [3.8, 4) is 0 Å². The predicted molar refractivity (Wildman–Crippen MR) is 107 cm³/mol. The number of nitrogens with two attached hydrogens (primary N) is 1. The summed E-state index contributed by atoms with van der Waals surface area (Å²) in [6.45, 7) is 4.74. The molecule has 9 nitrogen and oxygen atoms in total. The number of benzene rings is 1. The van der Waals surface area contributed by atoms with Crippen molar-refractivity contribution in [2.45, 2.75) is 26.3 Å². The summed E-state index contributed by atoms with van der Waals surface area (Å²) >= 11 is 0. The second-order valence-electron chi connectivity index (χ2n) is 6.71. The van der Waals surface area contributed by atoms with Crippen LogP contribution in [-0.4, -0.2) is 42.2 Å². The van der Waals surface area contributed by atoms with Gasteiger partial charge in [0.05, 0.1) is 19.5 Å². The molecule has 0 amide bonds. The highest BCUT2D eigenvalue weighted by molar-refractivity contribution is 7.57. The first-order chi connectivity index (χ1) is 13.4. The molecular weight excluding hydrogens is 381 g/mol. The molecular formula is C18H26N5O4P. The van der Waals surface area contributed by atoms with Gasteiger partial charge in [-0.3, -0.25) is 4.57 Å². The third-order valence-electron chi connectivity index (χ3n) is 4.25. The molecule has 10 heteroatoms. The minimum absolute atomic E-state index is 0.0450. The first-order valence-electron chi connectivity index (χ1n) is 8.91. The van der Waals surface area contributed by atoms with E-state index in [2.05, 4.69) is 15.3 Å². The van der Waals surface area contributed by atoms with Crippen LogP contribution in [0.5, 0.6) is 0 Å². The molecule has 1 aliphatic rings. The monoisotopic (exact) mass is 407 g/mol. The lowest BCUT2D eigenvalue weighted by molar-refractivity contribution is 0.0864. The Morgan fingerprint density at radius 3 is 2.79 bits per heavy atom. The van der Waals surface area contributed by atoms with Crippen molar-refractivity contribution in [1.82, 2.24) is 14.9 Å². The van der Waals surface area contributed by atoms with Crippen LogP contribution in [0.2, 0.25) is 0 Å². The number of methoxy groups -OCH3 is 1. The molecule has 1 aliphatic heterocycles. The van der Waals surface area contributed by atoms with E-state index in [1.807, 2.05) is 35.8 Å². The third-order valence-corrected chi connectivity index (χ3v) is 5.58. The number of hydrogen-bond acceptors (Lipinski definition) is 8. The predicted octanol–water partition coefficient (Wildman–Crippen LogP) is 2.48. The summed E-state index contributed by atoms with van der Waals surface area (Å²) in [7, 11) is -1.28. The van der Waals surface area contributed by atoms with Crippen molar-refractivity contribution in [3.05, 3.63) is 47.4 Å². The average molecular weight is 407 g/mol. The normalized spacial score (nSPS) is 18.1. The van der Waals surface area contributed by atoms with Crippen LogP contribution in [0.3, 0.4) is 0 Å². The van der Waals surface area contributed by atoms with E-state index in [-0.39, 0.29) is 12.3 Å². The summed E-state index contributed by atoms with van der Waals surface area (Å²) in [6.07, 6.45) is 1.27. The molecule has 0 saturated carbocycles. The topological polar surface area (TPSA) is 113 Å². The first-order valence-corrected chi connectivity index (χ1v) is 11.2. The average Bonchev–Trinajstić information content (AvgIpc) is 3.07. The number of nitrogens with zero attached hydrogens (tertiary/aromatic N) is 3. The fourth-order valence-corrected chi connectivity index (χ4v) is 3.66. The molecule has 3 rings (SSSR count). The summed E-state index contributed by atoms with van der Waals surface area (Å²) in [5.74, 6) is 0.895. The molecule has 0 spiro atoms. The zero-order valence-corrected chi connectivity index (χ0v) is 17.2. The Kier molecular flexibility index (Phi) is 6.51. The van der Waals surface area contributed by atoms with Crippen LogP contribution < -0.4 is 11.1 Å². The van der Waals surface area contributed by atoms with E-state index in [1.165, 1.54) is 5.56 Å². The van der Waals surface area contributed by atoms with Crippen molar-refractivity contribution < 1.29 is 18.6 Å². The molecule has 0 fully saturated rings. The second-order valence-corrected chi connectivity index (χ2v) is 9.26. The van der Waals surface area contributed by atoms with Crippen molar-refractivity contribution in [1.29, 1.82) is 0 Å². The van der Waals surface area contributed by atoms with Gasteiger partial charge in [0.2, 0.25) is 7.37 Å². The quantitative estimate of drug-likeness (QED) is 0.485. The summed E-state index contributed by atoms with van der Waals surface area (Å²) < 4.78 is 30.8. The number of nitrogens with one attached hydrogen (secondary N) is 1. The van der Waals surface area contributed by atoms with E-state index in [9.17, 15) is 4.57 Å². The molecule has 0 aliphatic carbocycles. The van der Waals surface area contributed by atoms with Crippen molar-refractivity contribution in [2.75, 3.05) is 26.7 Å². The number of aliphatic imine (C=N–C) groups is 1. The Hall–Kier alpha value is -2.19. The minimum atomic E-state index is -2.85. The standard InChI is InChI=1S/C18H26N5O4P/c1-13-4-6-14(7-5-13)10-27-28(3,24)12-26-9-8-23-11-20-15-16(23)21-18(19)22-17(15)25-2/h4-7,11,17H,8-10,12H2,1-3H3,(H3,19,21,22). The van der Waals surface area contributed by atoms with Gasteiger partial charge in [-0.15, -0.1) is 0 Å². The molecule has 2 atom stereocenters. The Morgan fingerprint density at radius 2 is 2.07 bits per heavy atom. The van der Waals surface area contributed by atoms with E-state index in [4.69, 9.17) is 19.7 Å². The van der Waals surface area contributed by atoms with Gasteiger partial charge in [0.15, 0.2) is 18.0 Å². The first kappa shape index (κ1) is 20.5. The van der Waals surface area contributed by atoms with Crippen LogP contribution in [-0.2, 0) is 31.7 Å². The highest BCUT2D eigenvalue weighted by atomic mass is 31.2. The minimum Gasteiger partial charge on any atom is -0.370 e. The highest BCUT2D eigenvalue weighted by Gasteiger charge is 2.25. The van der Waals surface area contributed by atoms with Crippen LogP contribution in [0.25, 0.3) is 0 Å². The van der Waals surface area contributed by atoms with Gasteiger partial charge in [-0.25, -0.2) is 4.98 Å². The van der Waals surface area contributed by atoms with Crippen LogP contribution in [0.4, 0.5) is 5.82 Å². The number of hydrogen-bond donors (Lipinski definition) is 2. The van der Waals surface area contributed by atoms with Crippen LogP contribution in [0, 0.1) is 6.92 Å². The number of rotatable bonds is 9. The molecule has 2 heterocycles. The van der Waals surface area contributed by atoms with Crippen molar-refractivity contribution in [3.63, 3.8) is 0 Å². The Bertz CT molecular complexity index is 881. The van der Waals surface area contributed by atoms with Crippen LogP contribution in [0.1, 0.15) is 23.0 Å². The smallest absolute Gasteiger partial charge is 0.225 e. The number of ether oxygens (including phenoxy) is 2. The highest BCUT2D eigenvalue weighted by Crippen LogP contribution is 2.43. The Morgan fingerprint density at radius 1 is 1.32 bits per heavy atom. The lowest BCUT2D eigenvalue weighted by Crippen LogP contribution is -2.38. The number of fused-ring (bicyclic) bond motifs is 1. The van der Waals surface area contributed by atoms with Gasteiger partial charge in [0, 0.05) is 20.3 Å². The Labute approximate surface area is 164 Å². The van der Waals surface area contributed by atoms with Gasteiger partial charge in [0.25, 0.3) is 0 Å². The van der Waals surface area contributed by atoms with Gasteiger partial charge in [-0.2, -0.15) is 4.99 Å². The number of imidazole rings is 1. The van der Waals surface area contributed by atoms with E-state index in [1.54, 1.807) is 20.1 Å². The van der Waals surface area contributed by atoms with Crippen LogP contribution in [0.15, 0.2) is 35.6 Å². The van der Waals surface area contributed by atoms with E-state index < -0.39 is 13.6 Å². The number of aryl methyl sites for hydroxylation is 1. The summed E-state index contributed by atoms with van der Waals surface area (Å²) in [6, 6.07) is 7.93. The molecule has 0 bridgehead atoms. The molecule has 2 aromatic rings. The fraction of sp³-hybridized carbons (Fsp3) is 0.444. The maximum atomic E-state index is 12.5. The number of aromatic nitrogens is 2.